The van der Waals surface area contributed by atoms with E-state index in [1.54, 1.807) is 6.07 Å². The number of carboxylic acids is 1. The first-order chi connectivity index (χ1) is 11.5. The number of nitrogens with zero attached hydrogens (tertiary/aromatic N) is 2. The molecule has 2 aliphatic heterocycles. The highest BCUT2D eigenvalue weighted by molar-refractivity contribution is 6.00. The molecule has 2 atom stereocenters. The van der Waals surface area contributed by atoms with Crippen molar-refractivity contribution in [1.82, 2.24) is 4.90 Å². The van der Waals surface area contributed by atoms with Gasteiger partial charge < -0.3 is 14.9 Å². The van der Waals surface area contributed by atoms with Crippen LogP contribution in [-0.4, -0.2) is 46.9 Å². The number of anilines is 1. The topological polar surface area (TPSA) is 77.9 Å². The summed E-state index contributed by atoms with van der Waals surface area (Å²) in [6.07, 6.45) is 1.94. The predicted octanol–water partition coefficient (Wildman–Crippen LogP) is 1.64. The zero-order valence-corrected chi connectivity index (χ0v) is 13.2. The summed E-state index contributed by atoms with van der Waals surface area (Å²) in [7, 11) is 0. The van der Waals surface area contributed by atoms with Crippen LogP contribution in [0.25, 0.3) is 0 Å². The molecule has 0 saturated carbocycles. The molecule has 1 aromatic carbocycles. The second kappa shape index (κ2) is 6.59. The van der Waals surface area contributed by atoms with Crippen molar-refractivity contribution in [3.05, 3.63) is 30.1 Å². The number of carbonyl (C=O) groups excluding carboxylic acids is 2. The Labute approximate surface area is 138 Å². The lowest BCUT2D eigenvalue weighted by molar-refractivity contribution is -0.153. The third-order valence-electron chi connectivity index (χ3n) is 4.69. The first-order valence-corrected chi connectivity index (χ1v) is 8.07. The molecule has 128 valence electrons. The Hall–Kier alpha value is -2.44. The fourth-order valence-electron chi connectivity index (χ4n) is 3.46. The Morgan fingerprint density at radius 3 is 2.67 bits per heavy atom. The van der Waals surface area contributed by atoms with Crippen molar-refractivity contribution in [1.29, 1.82) is 0 Å². The SMILES string of the molecule is O=C(O)C1CCCCN1C(=O)C1CC(=O)N(c2ccccc2F)C1. The van der Waals surface area contributed by atoms with E-state index in [4.69, 9.17) is 0 Å². The molecule has 0 spiro atoms. The summed E-state index contributed by atoms with van der Waals surface area (Å²) < 4.78 is 13.9. The number of halogens is 1. The summed E-state index contributed by atoms with van der Waals surface area (Å²) in [6.45, 7) is 0.474. The van der Waals surface area contributed by atoms with E-state index in [9.17, 15) is 23.9 Å². The molecule has 0 aromatic heterocycles. The molecular weight excluding hydrogens is 315 g/mol. The summed E-state index contributed by atoms with van der Waals surface area (Å²) in [5, 5.41) is 9.30. The molecule has 2 amide bonds. The summed E-state index contributed by atoms with van der Waals surface area (Å²) >= 11 is 0. The van der Waals surface area contributed by atoms with Gasteiger partial charge in [0.2, 0.25) is 11.8 Å². The number of hydrogen-bond acceptors (Lipinski definition) is 3. The number of para-hydroxylation sites is 1. The van der Waals surface area contributed by atoms with Crippen molar-refractivity contribution >= 4 is 23.5 Å². The average Bonchev–Trinajstić information content (AvgIpc) is 2.96. The number of rotatable bonds is 3. The number of piperidine rings is 1. The summed E-state index contributed by atoms with van der Waals surface area (Å²) in [5.74, 6) is -2.80. The van der Waals surface area contributed by atoms with E-state index in [-0.39, 0.29) is 30.5 Å². The van der Waals surface area contributed by atoms with Crippen LogP contribution >= 0.6 is 0 Å². The normalized spacial score (nSPS) is 24.3. The van der Waals surface area contributed by atoms with Crippen molar-refractivity contribution in [2.75, 3.05) is 18.0 Å². The van der Waals surface area contributed by atoms with Gasteiger partial charge in [0, 0.05) is 19.5 Å². The molecule has 7 heteroatoms. The van der Waals surface area contributed by atoms with Gasteiger partial charge >= 0.3 is 5.97 Å². The Morgan fingerprint density at radius 2 is 1.96 bits per heavy atom. The van der Waals surface area contributed by atoms with Crippen molar-refractivity contribution in [2.45, 2.75) is 31.7 Å². The number of benzene rings is 1. The molecule has 3 rings (SSSR count). The first-order valence-electron chi connectivity index (χ1n) is 8.07. The summed E-state index contributed by atoms with van der Waals surface area (Å²) in [4.78, 5) is 38.9. The van der Waals surface area contributed by atoms with Crippen molar-refractivity contribution in [2.24, 2.45) is 5.92 Å². The Kier molecular flexibility index (Phi) is 4.51. The molecular formula is C17H19FN2O4. The van der Waals surface area contributed by atoms with E-state index >= 15 is 0 Å². The lowest BCUT2D eigenvalue weighted by Crippen LogP contribution is -2.50. The first kappa shape index (κ1) is 16.4. The molecule has 24 heavy (non-hydrogen) atoms. The maximum atomic E-state index is 13.9. The van der Waals surface area contributed by atoms with E-state index in [2.05, 4.69) is 0 Å². The minimum Gasteiger partial charge on any atom is -0.480 e. The monoisotopic (exact) mass is 334 g/mol. The Bertz CT molecular complexity index is 678. The lowest BCUT2D eigenvalue weighted by Gasteiger charge is -2.34. The van der Waals surface area contributed by atoms with E-state index in [0.29, 0.717) is 13.0 Å². The molecule has 2 unspecified atom stereocenters. The Balaban J connectivity index is 1.76. The maximum Gasteiger partial charge on any atom is 0.326 e. The number of hydrogen-bond donors (Lipinski definition) is 1. The molecule has 2 fully saturated rings. The summed E-state index contributed by atoms with van der Waals surface area (Å²) in [6, 6.07) is 5.10. The minimum absolute atomic E-state index is 0.0179. The van der Waals surface area contributed by atoms with Crippen LogP contribution in [0.15, 0.2) is 24.3 Å². The van der Waals surface area contributed by atoms with E-state index in [0.717, 1.165) is 12.8 Å². The van der Waals surface area contributed by atoms with E-state index in [1.165, 1.54) is 28.0 Å². The Morgan fingerprint density at radius 1 is 1.21 bits per heavy atom. The largest absolute Gasteiger partial charge is 0.480 e. The summed E-state index contributed by atoms with van der Waals surface area (Å²) in [5.41, 5.74) is 0.159. The molecule has 2 aliphatic rings. The van der Waals surface area contributed by atoms with Gasteiger partial charge in [-0.05, 0) is 31.4 Å². The second-order valence-electron chi connectivity index (χ2n) is 6.24. The number of aliphatic carboxylic acids is 1. The van der Waals surface area contributed by atoms with Gasteiger partial charge in [0.25, 0.3) is 0 Å². The fraction of sp³-hybridized carbons (Fsp3) is 0.471. The van der Waals surface area contributed by atoms with Gasteiger partial charge in [-0.15, -0.1) is 0 Å². The van der Waals surface area contributed by atoms with Gasteiger partial charge in [0.1, 0.15) is 11.9 Å². The zero-order chi connectivity index (χ0) is 17.3. The van der Waals surface area contributed by atoms with Crippen molar-refractivity contribution < 1.29 is 23.9 Å². The van der Waals surface area contributed by atoms with E-state index in [1.807, 2.05) is 0 Å². The van der Waals surface area contributed by atoms with E-state index < -0.39 is 23.7 Å². The van der Waals surface area contributed by atoms with Crippen LogP contribution in [0.4, 0.5) is 10.1 Å². The standard InChI is InChI=1S/C17H19FN2O4/c18-12-5-1-2-6-13(12)20-10-11(9-15(20)21)16(22)19-8-4-3-7-14(19)17(23)24/h1-2,5-6,11,14H,3-4,7-10H2,(H,23,24). The van der Waals surface area contributed by atoms with Crippen LogP contribution in [0.1, 0.15) is 25.7 Å². The molecule has 0 radical (unpaired) electrons. The predicted molar refractivity (Wildman–Crippen MR) is 83.8 cm³/mol. The fourth-order valence-corrected chi connectivity index (χ4v) is 3.46. The number of amides is 2. The lowest BCUT2D eigenvalue weighted by atomic mass is 9.98. The van der Waals surface area contributed by atoms with Crippen LogP contribution in [0.3, 0.4) is 0 Å². The minimum atomic E-state index is -1.02. The van der Waals surface area contributed by atoms with Crippen LogP contribution in [0, 0.1) is 11.7 Å². The average molecular weight is 334 g/mol. The maximum absolute atomic E-state index is 13.9. The highest BCUT2D eigenvalue weighted by Crippen LogP contribution is 2.30. The smallest absolute Gasteiger partial charge is 0.326 e. The number of likely N-dealkylation sites (tertiary alicyclic amines) is 1. The highest BCUT2D eigenvalue weighted by Gasteiger charge is 2.41. The van der Waals surface area contributed by atoms with Gasteiger partial charge in [-0.1, -0.05) is 12.1 Å². The molecule has 1 aromatic rings. The third kappa shape index (κ3) is 2.98. The van der Waals surface area contributed by atoms with Crippen LogP contribution in [-0.2, 0) is 14.4 Å². The van der Waals surface area contributed by atoms with Crippen LogP contribution in [0.2, 0.25) is 0 Å². The molecule has 0 bridgehead atoms. The number of carboxylic acid groups (broad SMARTS) is 1. The molecule has 0 aliphatic carbocycles. The highest BCUT2D eigenvalue weighted by atomic mass is 19.1. The molecule has 2 saturated heterocycles. The third-order valence-corrected chi connectivity index (χ3v) is 4.69. The molecule has 6 nitrogen and oxygen atoms in total. The van der Waals surface area contributed by atoms with Crippen molar-refractivity contribution in [3.8, 4) is 0 Å². The quantitative estimate of drug-likeness (QED) is 0.912. The van der Waals surface area contributed by atoms with Gasteiger partial charge in [-0.25, -0.2) is 9.18 Å². The van der Waals surface area contributed by atoms with Gasteiger partial charge in [-0.3, -0.25) is 9.59 Å². The molecule has 2 heterocycles. The van der Waals surface area contributed by atoms with Crippen LogP contribution in [0.5, 0.6) is 0 Å². The van der Waals surface area contributed by atoms with Crippen molar-refractivity contribution in [3.63, 3.8) is 0 Å². The van der Waals surface area contributed by atoms with Crippen LogP contribution < -0.4 is 4.90 Å². The van der Waals surface area contributed by atoms with Gasteiger partial charge in [0.15, 0.2) is 0 Å². The zero-order valence-electron chi connectivity index (χ0n) is 13.2. The number of carbonyl (C=O) groups is 3. The van der Waals surface area contributed by atoms with Gasteiger partial charge in [-0.2, -0.15) is 0 Å². The van der Waals surface area contributed by atoms with Gasteiger partial charge in [0.05, 0.1) is 11.6 Å². The molecule has 1 N–H and O–H groups in total. The second-order valence-corrected chi connectivity index (χ2v) is 6.24.